The van der Waals surface area contributed by atoms with Crippen LogP contribution < -0.4 is 20.7 Å². The summed E-state index contributed by atoms with van der Waals surface area (Å²) in [6.45, 7) is 2.62. The monoisotopic (exact) mass is 508 g/mol. The van der Waals surface area contributed by atoms with Crippen molar-refractivity contribution in [2.75, 3.05) is 38.7 Å². The molecule has 1 atom stereocenters. The van der Waals surface area contributed by atoms with Crippen LogP contribution >= 0.6 is 23.2 Å². The molecule has 0 unspecified atom stereocenters. The molecule has 0 radical (unpaired) electrons. The smallest absolute Gasteiger partial charge is 0.319 e. The summed E-state index contributed by atoms with van der Waals surface area (Å²) in [6, 6.07) is 10.9. The van der Waals surface area contributed by atoms with E-state index < -0.39 is 24.6 Å². The van der Waals surface area contributed by atoms with E-state index in [4.69, 9.17) is 27.9 Å². The normalized spacial score (nSPS) is 15.4. The van der Waals surface area contributed by atoms with Crippen molar-refractivity contribution in [3.8, 4) is 5.75 Å². The number of hydrogen-bond donors (Lipinski definition) is 4. The number of anilines is 1. The van der Waals surface area contributed by atoms with Gasteiger partial charge < -0.3 is 25.8 Å². The van der Waals surface area contributed by atoms with Gasteiger partial charge in [0.25, 0.3) is 0 Å². The van der Waals surface area contributed by atoms with Crippen LogP contribution in [0.2, 0.25) is 10.0 Å². The number of carbonyl (C=O) groups is 2. The first-order valence-corrected chi connectivity index (χ1v) is 11.9. The Bertz CT molecular complexity index is 966. The molecule has 3 amide bonds. The van der Waals surface area contributed by atoms with Gasteiger partial charge in [0.15, 0.2) is 0 Å². The molecule has 8 nitrogen and oxygen atoms in total. The molecule has 1 saturated heterocycles. The summed E-state index contributed by atoms with van der Waals surface area (Å²) in [5.74, 6) is 0.589. The number of halogens is 2. The average Bonchev–Trinajstić information content (AvgIpc) is 2.84. The molecule has 1 fully saturated rings. The maximum atomic E-state index is 12.5. The number of rotatable bonds is 9. The summed E-state index contributed by atoms with van der Waals surface area (Å²) in [7, 11) is 1.56. The van der Waals surface area contributed by atoms with Gasteiger partial charge in [0.2, 0.25) is 5.91 Å². The van der Waals surface area contributed by atoms with Crippen LogP contribution in [0.5, 0.6) is 5.75 Å². The van der Waals surface area contributed by atoms with Crippen molar-refractivity contribution >= 4 is 40.8 Å². The van der Waals surface area contributed by atoms with Crippen molar-refractivity contribution in [2.24, 2.45) is 5.92 Å². The minimum atomic E-state index is -1.03. The standard InChI is InChI=1S/C24H30Cl2N4O4/c1-34-19-5-3-18(4-6-19)28-24(33)29-22(15-31)23(32)27-13-16-8-10-30(11-9-16)14-17-2-7-20(25)21(26)12-17/h2-7,12,16,22,31H,8-11,13-15H2,1H3,(H,27,32)(H2,28,29,33)/t22-/m0/s1. The van der Waals surface area contributed by atoms with Gasteiger partial charge in [0.05, 0.1) is 23.8 Å². The zero-order valence-corrected chi connectivity index (χ0v) is 20.5. The number of amides is 3. The molecule has 1 heterocycles. The van der Waals surface area contributed by atoms with E-state index in [0.29, 0.717) is 33.9 Å². The first kappa shape index (κ1) is 26.1. The number of likely N-dealkylation sites (tertiary alicyclic amines) is 1. The SMILES string of the molecule is COc1ccc(NC(=O)N[C@@H](CO)C(=O)NCC2CCN(Cc3ccc(Cl)c(Cl)c3)CC2)cc1. The molecule has 3 rings (SSSR count). The fourth-order valence-corrected chi connectivity index (χ4v) is 4.13. The zero-order chi connectivity index (χ0) is 24.5. The van der Waals surface area contributed by atoms with Crippen LogP contribution in [0.15, 0.2) is 42.5 Å². The first-order valence-electron chi connectivity index (χ1n) is 11.1. The van der Waals surface area contributed by atoms with E-state index >= 15 is 0 Å². The summed E-state index contributed by atoms with van der Waals surface area (Å²) in [5, 5.41) is 18.7. The molecule has 1 aliphatic rings. The number of aliphatic hydroxyl groups excluding tert-OH is 1. The number of nitrogens with one attached hydrogen (secondary N) is 3. The summed E-state index contributed by atoms with van der Waals surface area (Å²) >= 11 is 12.1. The quantitative estimate of drug-likeness (QED) is 0.415. The van der Waals surface area contributed by atoms with E-state index in [9.17, 15) is 14.7 Å². The van der Waals surface area contributed by atoms with E-state index in [1.807, 2.05) is 18.2 Å². The Kier molecular flexibility index (Phi) is 9.83. The number of methoxy groups -OCH3 is 1. The van der Waals surface area contributed by atoms with Crippen LogP contribution in [-0.4, -0.2) is 61.3 Å². The summed E-state index contributed by atoms with van der Waals surface area (Å²) in [5.41, 5.74) is 1.66. The topological polar surface area (TPSA) is 103 Å². The van der Waals surface area contributed by atoms with Gasteiger partial charge in [0, 0.05) is 18.8 Å². The van der Waals surface area contributed by atoms with Crippen LogP contribution in [0, 0.1) is 5.92 Å². The second-order valence-electron chi connectivity index (χ2n) is 8.28. The molecule has 0 aliphatic carbocycles. The highest BCUT2D eigenvalue weighted by atomic mass is 35.5. The van der Waals surface area contributed by atoms with Gasteiger partial charge in [0.1, 0.15) is 11.8 Å². The van der Waals surface area contributed by atoms with Crippen molar-refractivity contribution < 1.29 is 19.4 Å². The predicted octanol–water partition coefficient (Wildman–Crippen LogP) is 3.51. The summed E-state index contributed by atoms with van der Waals surface area (Å²) in [4.78, 5) is 27.0. The molecule has 2 aromatic carbocycles. The molecule has 0 saturated carbocycles. The minimum Gasteiger partial charge on any atom is -0.497 e. The number of piperidine rings is 1. The first-order chi connectivity index (χ1) is 16.4. The Balaban J connectivity index is 1.38. The summed E-state index contributed by atoms with van der Waals surface area (Å²) in [6.07, 6.45) is 1.88. The van der Waals surface area contributed by atoms with Crippen molar-refractivity contribution in [1.82, 2.24) is 15.5 Å². The molecule has 0 bridgehead atoms. The van der Waals surface area contributed by atoms with Gasteiger partial charge in [-0.05, 0) is 73.8 Å². The highest BCUT2D eigenvalue weighted by Gasteiger charge is 2.23. The number of carbonyl (C=O) groups excluding carboxylic acids is 2. The highest BCUT2D eigenvalue weighted by Crippen LogP contribution is 2.24. The van der Waals surface area contributed by atoms with Crippen molar-refractivity contribution in [3.05, 3.63) is 58.1 Å². The lowest BCUT2D eigenvalue weighted by atomic mass is 9.96. The van der Waals surface area contributed by atoms with E-state index in [-0.39, 0.29) is 0 Å². The Labute approximate surface area is 209 Å². The van der Waals surface area contributed by atoms with Gasteiger partial charge in [-0.2, -0.15) is 0 Å². The lowest BCUT2D eigenvalue weighted by molar-refractivity contribution is -0.124. The third-order valence-electron chi connectivity index (χ3n) is 5.81. The van der Waals surface area contributed by atoms with Gasteiger partial charge in [-0.3, -0.25) is 9.69 Å². The van der Waals surface area contributed by atoms with Crippen molar-refractivity contribution in [2.45, 2.75) is 25.4 Å². The van der Waals surface area contributed by atoms with Gasteiger partial charge >= 0.3 is 6.03 Å². The van der Waals surface area contributed by atoms with Gasteiger partial charge in [-0.1, -0.05) is 29.3 Å². The van der Waals surface area contributed by atoms with E-state index in [1.54, 1.807) is 31.4 Å². The Morgan fingerprint density at radius 2 is 1.82 bits per heavy atom. The predicted molar refractivity (Wildman–Crippen MR) is 133 cm³/mol. The van der Waals surface area contributed by atoms with E-state index in [1.165, 1.54) is 0 Å². The number of ether oxygens (including phenoxy) is 1. The molecular formula is C24H30Cl2N4O4. The van der Waals surface area contributed by atoms with Crippen LogP contribution in [0.25, 0.3) is 0 Å². The van der Waals surface area contributed by atoms with Crippen LogP contribution in [0.1, 0.15) is 18.4 Å². The fourth-order valence-electron chi connectivity index (χ4n) is 3.81. The van der Waals surface area contributed by atoms with Crippen LogP contribution in [0.4, 0.5) is 10.5 Å². The molecule has 0 aromatic heterocycles. The summed E-state index contributed by atoms with van der Waals surface area (Å²) < 4.78 is 5.08. The molecule has 10 heteroatoms. The number of hydrogen-bond acceptors (Lipinski definition) is 5. The molecule has 184 valence electrons. The fraction of sp³-hybridized carbons (Fsp3) is 0.417. The molecular weight excluding hydrogens is 479 g/mol. The Morgan fingerprint density at radius 1 is 1.12 bits per heavy atom. The van der Waals surface area contributed by atoms with Gasteiger partial charge in [-0.25, -0.2) is 4.79 Å². The molecule has 0 spiro atoms. The minimum absolute atomic E-state index is 0.335. The maximum Gasteiger partial charge on any atom is 0.319 e. The lowest BCUT2D eigenvalue weighted by Crippen LogP contribution is -2.51. The van der Waals surface area contributed by atoms with E-state index in [2.05, 4.69) is 20.9 Å². The zero-order valence-electron chi connectivity index (χ0n) is 19.0. The Hall–Kier alpha value is -2.52. The largest absolute Gasteiger partial charge is 0.497 e. The third kappa shape index (κ3) is 7.77. The molecule has 34 heavy (non-hydrogen) atoms. The van der Waals surface area contributed by atoms with Gasteiger partial charge in [-0.15, -0.1) is 0 Å². The second kappa shape index (κ2) is 12.8. The lowest BCUT2D eigenvalue weighted by Gasteiger charge is -2.32. The van der Waals surface area contributed by atoms with Crippen molar-refractivity contribution in [1.29, 1.82) is 0 Å². The molecule has 4 N–H and O–H groups in total. The van der Waals surface area contributed by atoms with Crippen LogP contribution in [0.3, 0.4) is 0 Å². The molecule has 1 aliphatic heterocycles. The maximum absolute atomic E-state index is 12.5. The Morgan fingerprint density at radius 3 is 2.44 bits per heavy atom. The number of benzene rings is 2. The van der Waals surface area contributed by atoms with Crippen molar-refractivity contribution in [3.63, 3.8) is 0 Å². The highest BCUT2D eigenvalue weighted by molar-refractivity contribution is 6.42. The molecule has 2 aromatic rings. The number of nitrogens with zero attached hydrogens (tertiary/aromatic N) is 1. The third-order valence-corrected chi connectivity index (χ3v) is 6.55. The second-order valence-corrected chi connectivity index (χ2v) is 9.09. The van der Waals surface area contributed by atoms with Crippen LogP contribution in [-0.2, 0) is 11.3 Å². The van der Waals surface area contributed by atoms with E-state index in [0.717, 1.165) is 38.0 Å². The number of urea groups is 1. The average molecular weight is 509 g/mol. The number of aliphatic hydroxyl groups is 1.